The molecule has 30 heavy (non-hydrogen) atoms. The molecular formula is C23H24N2O5. The lowest BCUT2D eigenvalue weighted by atomic mass is 10.2. The first kappa shape index (κ1) is 21.1. The number of ketones is 1. The Kier molecular flexibility index (Phi) is 7.21. The van der Waals surface area contributed by atoms with Gasteiger partial charge < -0.3 is 14.8 Å². The fourth-order valence-corrected chi connectivity index (χ4v) is 2.97. The summed E-state index contributed by atoms with van der Waals surface area (Å²) < 4.78 is 10.6. The zero-order valence-corrected chi connectivity index (χ0v) is 16.7. The third-order valence-electron chi connectivity index (χ3n) is 4.70. The number of hydrogen-bond donors (Lipinski definition) is 1. The van der Waals surface area contributed by atoms with E-state index in [0.717, 1.165) is 11.1 Å². The summed E-state index contributed by atoms with van der Waals surface area (Å²) >= 11 is 0. The molecule has 1 N–H and O–H groups in total. The average Bonchev–Trinajstić information content (AvgIpc) is 2.91. The van der Waals surface area contributed by atoms with E-state index in [2.05, 4.69) is 5.32 Å². The first-order valence-electron chi connectivity index (χ1n) is 9.69. The number of nitrogens with zero attached hydrogens (tertiary/aromatic N) is 1. The summed E-state index contributed by atoms with van der Waals surface area (Å²) in [6, 6.07) is 17.3. The number of nitrogens with one attached hydrogen (secondary N) is 1. The van der Waals surface area contributed by atoms with E-state index < -0.39 is 18.2 Å². The van der Waals surface area contributed by atoms with Crippen molar-refractivity contribution in [3.8, 4) is 0 Å². The second-order valence-corrected chi connectivity index (χ2v) is 6.95. The predicted molar refractivity (Wildman–Crippen MR) is 110 cm³/mol. The minimum atomic E-state index is -0.918. The van der Waals surface area contributed by atoms with Gasteiger partial charge in [0, 0.05) is 0 Å². The number of carbonyl (C=O) groups is 3. The molecule has 2 atom stereocenters. The number of benzene rings is 2. The van der Waals surface area contributed by atoms with Crippen LogP contribution in [0.5, 0.6) is 0 Å². The molecule has 2 aromatic carbocycles. The molecule has 1 heterocycles. The van der Waals surface area contributed by atoms with Gasteiger partial charge in [0.15, 0.2) is 5.78 Å². The van der Waals surface area contributed by atoms with Crippen LogP contribution in [0, 0.1) is 0 Å². The molecule has 0 bridgehead atoms. The van der Waals surface area contributed by atoms with Crippen molar-refractivity contribution in [3.63, 3.8) is 0 Å². The third kappa shape index (κ3) is 5.94. The molecule has 0 aliphatic carbocycles. The van der Waals surface area contributed by atoms with Crippen molar-refractivity contribution in [3.05, 3.63) is 83.9 Å². The maximum absolute atomic E-state index is 12.6. The van der Waals surface area contributed by atoms with Gasteiger partial charge in [0.25, 0.3) is 0 Å². The van der Waals surface area contributed by atoms with Gasteiger partial charge in [0.1, 0.15) is 19.3 Å². The largest absolute Gasteiger partial charge is 0.445 e. The first-order chi connectivity index (χ1) is 14.5. The molecule has 0 unspecified atom stereocenters. The minimum absolute atomic E-state index is 0.0128. The molecule has 1 aliphatic rings. The number of alkyl carbamates (subject to hydrolysis) is 1. The molecule has 0 saturated heterocycles. The van der Waals surface area contributed by atoms with Crippen LogP contribution in [0.3, 0.4) is 0 Å². The summed E-state index contributed by atoms with van der Waals surface area (Å²) in [7, 11) is 0. The predicted octanol–water partition coefficient (Wildman–Crippen LogP) is 3.45. The van der Waals surface area contributed by atoms with Crippen LogP contribution >= 0.6 is 0 Å². The van der Waals surface area contributed by atoms with E-state index >= 15 is 0 Å². The Hall–Kier alpha value is -3.61. The van der Waals surface area contributed by atoms with Gasteiger partial charge in [-0.15, -0.1) is 0 Å². The molecule has 156 valence electrons. The Labute approximate surface area is 175 Å². The van der Waals surface area contributed by atoms with Crippen LogP contribution in [0.25, 0.3) is 0 Å². The number of carbonyl (C=O) groups excluding carboxylic acids is 3. The molecule has 0 fully saturated rings. The third-order valence-corrected chi connectivity index (χ3v) is 4.70. The summed E-state index contributed by atoms with van der Waals surface area (Å²) in [5, 5.41) is 2.55. The van der Waals surface area contributed by atoms with E-state index in [0.29, 0.717) is 0 Å². The minimum Gasteiger partial charge on any atom is -0.445 e. The zero-order chi connectivity index (χ0) is 21.3. The standard InChI is InChI=1S/C23H24N2O5/c1-17-12-13-21(26)20(24-22(27)29-15-18-8-4-2-5-9-18)14-25(17)23(28)30-16-19-10-6-3-7-11-19/h2-13,17,20H,14-16H2,1H3,(H,24,27)/t17-,20+/m0/s1. The molecule has 0 saturated carbocycles. The molecule has 1 aliphatic heterocycles. The van der Waals surface area contributed by atoms with Crippen LogP contribution in [0.1, 0.15) is 18.1 Å². The van der Waals surface area contributed by atoms with Crippen molar-refractivity contribution in [1.82, 2.24) is 10.2 Å². The molecule has 2 amide bonds. The summed E-state index contributed by atoms with van der Waals surface area (Å²) in [6.07, 6.45) is 1.70. The molecule has 0 aromatic heterocycles. The van der Waals surface area contributed by atoms with Gasteiger partial charge in [-0.05, 0) is 24.1 Å². The summed E-state index contributed by atoms with van der Waals surface area (Å²) in [4.78, 5) is 38.6. The van der Waals surface area contributed by atoms with Crippen molar-refractivity contribution in [1.29, 1.82) is 0 Å². The number of amides is 2. The van der Waals surface area contributed by atoms with Crippen molar-refractivity contribution in [2.45, 2.75) is 32.2 Å². The first-order valence-corrected chi connectivity index (χ1v) is 9.69. The fourth-order valence-electron chi connectivity index (χ4n) is 2.97. The van der Waals surface area contributed by atoms with E-state index in [4.69, 9.17) is 9.47 Å². The SMILES string of the molecule is C[C@H]1C=CC(=O)[C@H](NC(=O)OCc2ccccc2)CN1C(=O)OCc1ccccc1. The summed E-state index contributed by atoms with van der Waals surface area (Å²) in [5.74, 6) is -0.308. The van der Waals surface area contributed by atoms with Crippen LogP contribution in [0.2, 0.25) is 0 Å². The molecule has 3 rings (SSSR count). The van der Waals surface area contributed by atoms with Crippen molar-refractivity contribution in [2.24, 2.45) is 0 Å². The number of ether oxygens (including phenoxy) is 2. The monoisotopic (exact) mass is 408 g/mol. The van der Waals surface area contributed by atoms with E-state index in [1.54, 1.807) is 13.0 Å². The van der Waals surface area contributed by atoms with Gasteiger partial charge in [0.2, 0.25) is 0 Å². The van der Waals surface area contributed by atoms with Gasteiger partial charge in [-0.1, -0.05) is 66.7 Å². The lowest BCUT2D eigenvalue weighted by molar-refractivity contribution is -0.116. The topological polar surface area (TPSA) is 84.9 Å². The maximum Gasteiger partial charge on any atom is 0.410 e. The zero-order valence-electron chi connectivity index (χ0n) is 16.7. The van der Waals surface area contributed by atoms with Gasteiger partial charge in [-0.3, -0.25) is 9.69 Å². The Bertz CT molecular complexity index is 898. The highest BCUT2D eigenvalue weighted by Crippen LogP contribution is 2.13. The van der Waals surface area contributed by atoms with Crippen LogP contribution in [-0.2, 0) is 27.5 Å². The highest BCUT2D eigenvalue weighted by atomic mass is 16.6. The Balaban J connectivity index is 1.57. The number of hydrogen-bond acceptors (Lipinski definition) is 5. The van der Waals surface area contributed by atoms with Crippen LogP contribution in [0.4, 0.5) is 9.59 Å². The molecule has 2 aromatic rings. The molecule has 0 radical (unpaired) electrons. The summed E-state index contributed by atoms with van der Waals surface area (Å²) in [5.41, 5.74) is 1.69. The van der Waals surface area contributed by atoms with Gasteiger partial charge in [-0.25, -0.2) is 9.59 Å². The van der Waals surface area contributed by atoms with Crippen molar-refractivity contribution >= 4 is 18.0 Å². The summed E-state index contributed by atoms with van der Waals surface area (Å²) in [6.45, 7) is 1.98. The Morgan fingerprint density at radius 2 is 1.53 bits per heavy atom. The quantitative estimate of drug-likeness (QED) is 0.819. The average molecular weight is 408 g/mol. The maximum atomic E-state index is 12.6. The lowest BCUT2D eigenvalue weighted by Crippen LogP contribution is -2.50. The smallest absolute Gasteiger partial charge is 0.410 e. The van der Waals surface area contributed by atoms with Crippen LogP contribution < -0.4 is 5.32 Å². The molecule has 7 nitrogen and oxygen atoms in total. The Morgan fingerprint density at radius 3 is 2.13 bits per heavy atom. The van der Waals surface area contributed by atoms with E-state index in [-0.39, 0.29) is 31.6 Å². The van der Waals surface area contributed by atoms with E-state index in [9.17, 15) is 14.4 Å². The van der Waals surface area contributed by atoms with E-state index in [1.165, 1.54) is 11.0 Å². The lowest BCUT2D eigenvalue weighted by Gasteiger charge is -2.27. The van der Waals surface area contributed by atoms with Crippen molar-refractivity contribution in [2.75, 3.05) is 6.54 Å². The van der Waals surface area contributed by atoms with Gasteiger partial charge in [0.05, 0.1) is 12.6 Å². The normalized spacial score (nSPS) is 18.4. The highest BCUT2D eigenvalue weighted by Gasteiger charge is 2.31. The molecule has 7 heteroatoms. The molecule has 0 spiro atoms. The number of rotatable bonds is 5. The van der Waals surface area contributed by atoms with E-state index in [1.807, 2.05) is 60.7 Å². The second-order valence-electron chi connectivity index (χ2n) is 6.95. The van der Waals surface area contributed by atoms with Gasteiger partial charge in [-0.2, -0.15) is 0 Å². The fraction of sp³-hybridized carbons (Fsp3) is 0.261. The van der Waals surface area contributed by atoms with Crippen molar-refractivity contribution < 1.29 is 23.9 Å². The van der Waals surface area contributed by atoms with Crippen LogP contribution in [-0.4, -0.2) is 41.5 Å². The highest BCUT2D eigenvalue weighted by molar-refractivity contribution is 5.97. The molecular weight excluding hydrogens is 384 g/mol. The Morgan fingerprint density at radius 1 is 0.967 bits per heavy atom. The van der Waals surface area contributed by atoms with Crippen LogP contribution in [0.15, 0.2) is 72.8 Å². The second kappa shape index (κ2) is 10.2. The van der Waals surface area contributed by atoms with Gasteiger partial charge >= 0.3 is 12.2 Å².